The van der Waals surface area contributed by atoms with Crippen molar-refractivity contribution in [2.45, 2.75) is 6.92 Å². The van der Waals surface area contributed by atoms with E-state index >= 15 is 0 Å². The number of methoxy groups -OCH3 is 2. The van der Waals surface area contributed by atoms with Crippen molar-refractivity contribution in [3.63, 3.8) is 0 Å². The van der Waals surface area contributed by atoms with Crippen molar-refractivity contribution >= 4 is 5.78 Å². The van der Waals surface area contributed by atoms with Crippen molar-refractivity contribution in [1.29, 1.82) is 0 Å². The fourth-order valence-corrected chi connectivity index (χ4v) is 1.97. The van der Waals surface area contributed by atoms with Gasteiger partial charge in [0.15, 0.2) is 5.78 Å². The Labute approximate surface area is 112 Å². The number of rotatable bonds is 4. The molecular weight excluding hydrogens is 240 g/mol. The molecule has 0 N–H and O–H groups in total. The Hall–Kier alpha value is -2.29. The van der Waals surface area contributed by atoms with Crippen LogP contribution in [-0.2, 0) is 0 Å². The standard InChI is InChI=1S/C16H16O3/c1-11-9-15(19-3)13(10-14(11)18-2)16(17)12-7-5-4-6-8-12/h4-10H,1-3H3. The first-order valence-electron chi connectivity index (χ1n) is 5.99. The van der Waals surface area contributed by atoms with E-state index in [0.29, 0.717) is 22.6 Å². The fourth-order valence-electron chi connectivity index (χ4n) is 1.97. The van der Waals surface area contributed by atoms with Gasteiger partial charge in [-0.05, 0) is 24.6 Å². The van der Waals surface area contributed by atoms with Gasteiger partial charge < -0.3 is 9.47 Å². The van der Waals surface area contributed by atoms with Crippen molar-refractivity contribution in [3.05, 3.63) is 59.2 Å². The van der Waals surface area contributed by atoms with Crippen LogP contribution in [0.4, 0.5) is 0 Å². The minimum absolute atomic E-state index is 0.0734. The minimum atomic E-state index is -0.0734. The van der Waals surface area contributed by atoms with Gasteiger partial charge in [-0.3, -0.25) is 4.79 Å². The van der Waals surface area contributed by atoms with Crippen molar-refractivity contribution in [3.8, 4) is 11.5 Å². The van der Waals surface area contributed by atoms with Crippen LogP contribution in [0.5, 0.6) is 11.5 Å². The van der Waals surface area contributed by atoms with Gasteiger partial charge in [-0.2, -0.15) is 0 Å². The molecule has 0 heterocycles. The summed E-state index contributed by atoms with van der Waals surface area (Å²) in [5.74, 6) is 1.17. The molecule has 0 aliphatic rings. The maximum absolute atomic E-state index is 12.5. The molecule has 0 saturated carbocycles. The maximum atomic E-state index is 12.5. The van der Waals surface area contributed by atoms with Crippen LogP contribution in [0.3, 0.4) is 0 Å². The Balaban J connectivity index is 2.52. The lowest BCUT2D eigenvalue weighted by atomic mass is 10.0. The lowest BCUT2D eigenvalue weighted by molar-refractivity contribution is 0.103. The average Bonchev–Trinajstić information content (AvgIpc) is 2.47. The van der Waals surface area contributed by atoms with Crippen molar-refractivity contribution < 1.29 is 14.3 Å². The van der Waals surface area contributed by atoms with E-state index in [-0.39, 0.29) is 5.78 Å². The van der Waals surface area contributed by atoms with Gasteiger partial charge in [-0.15, -0.1) is 0 Å². The third-order valence-corrected chi connectivity index (χ3v) is 3.00. The summed E-state index contributed by atoms with van der Waals surface area (Å²) in [6.07, 6.45) is 0. The Bertz CT molecular complexity index is 588. The number of ether oxygens (including phenoxy) is 2. The highest BCUT2D eigenvalue weighted by Gasteiger charge is 2.16. The smallest absolute Gasteiger partial charge is 0.196 e. The van der Waals surface area contributed by atoms with Crippen molar-refractivity contribution in [1.82, 2.24) is 0 Å². The van der Waals surface area contributed by atoms with Crippen molar-refractivity contribution in [2.24, 2.45) is 0 Å². The molecule has 2 aromatic rings. The lowest BCUT2D eigenvalue weighted by Gasteiger charge is -2.12. The first-order valence-corrected chi connectivity index (χ1v) is 5.99. The summed E-state index contributed by atoms with van der Waals surface area (Å²) >= 11 is 0. The van der Waals surface area contributed by atoms with Gasteiger partial charge in [0.1, 0.15) is 11.5 Å². The van der Waals surface area contributed by atoms with Gasteiger partial charge in [-0.1, -0.05) is 30.3 Å². The number of hydrogen-bond donors (Lipinski definition) is 0. The predicted molar refractivity (Wildman–Crippen MR) is 74.2 cm³/mol. The Morgan fingerprint density at radius 2 is 1.58 bits per heavy atom. The van der Waals surface area contributed by atoms with Gasteiger partial charge in [0.2, 0.25) is 0 Å². The van der Waals surface area contributed by atoms with E-state index in [0.717, 1.165) is 5.56 Å². The average molecular weight is 256 g/mol. The van der Waals surface area contributed by atoms with Gasteiger partial charge in [0.25, 0.3) is 0 Å². The first kappa shape index (κ1) is 13.1. The SMILES string of the molecule is COc1cc(C(=O)c2ccccc2)c(OC)cc1C. The zero-order valence-electron chi connectivity index (χ0n) is 11.3. The van der Waals surface area contributed by atoms with E-state index in [2.05, 4.69) is 0 Å². The van der Waals surface area contributed by atoms with Crippen LogP contribution in [0.2, 0.25) is 0 Å². The number of ketones is 1. The van der Waals surface area contributed by atoms with E-state index in [9.17, 15) is 4.79 Å². The molecule has 0 bridgehead atoms. The second-order valence-electron chi connectivity index (χ2n) is 4.22. The van der Waals surface area contributed by atoms with Crippen LogP contribution >= 0.6 is 0 Å². The number of aryl methyl sites for hydroxylation is 1. The monoisotopic (exact) mass is 256 g/mol. The molecule has 0 aliphatic heterocycles. The number of benzene rings is 2. The molecule has 19 heavy (non-hydrogen) atoms. The van der Waals surface area contributed by atoms with Gasteiger partial charge in [0.05, 0.1) is 19.8 Å². The molecule has 98 valence electrons. The molecule has 3 nitrogen and oxygen atoms in total. The van der Waals surface area contributed by atoms with Crippen LogP contribution in [0.1, 0.15) is 21.5 Å². The Kier molecular flexibility index (Phi) is 3.85. The minimum Gasteiger partial charge on any atom is -0.496 e. The van der Waals surface area contributed by atoms with Gasteiger partial charge >= 0.3 is 0 Å². The zero-order valence-corrected chi connectivity index (χ0v) is 11.3. The molecule has 2 rings (SSSR count). The van der Waals surface area contributed by atoms with E-state index < -0.39 is 0 Å². The van der Waals surface area contributed by atoms with E-state index in [1.807, 2.05) is 31.2 Å². The molecule has 0 saturated heterocycles. The van der Waals surface area contributed by atoms with Crippen LogP contribution in [-0.4, -0.2) is 20.0 Å². The van der Waals surface area contributed by atoms with Crippen LogP contribution in [0, 0.1) is 6.92 Å². The lowest BCUT2D eigenvalue weighted by Crippen LogP contribution is -2.05. The molecule has 0 atom stereocenters. The highest BCUT2D eigenvalue weighted by atomic mass is 16.5. The Morgan fingerprint density at radius 3 is 2.16 bits per heavy atom. The van der Waals surface area contributed by atoms with Crippen molar-refractivity contribution in [2.75, 3.05) is 14.2 Å². The summed E-state index contributed by atoms with van der Waals surface area (Å²) in [6.45, 7) is 1.91. The zero-order chi connectivity index (χ0) is 13.8. The largest absolute Gasteiger partial charge is 0.496 e. The summed E-state index contributed by atoms with van der Waals surface area (Å²) < 4.78 is 10.6. The van der Waals surface area contributed by atoms with Gasteiger partial charge in [0, 0.05) is 5.56 Å². The second-order valence-corrected chi connectivity index (χ2v) is 4.22. The number of carbonyl (C=O) groups excluding carboxylic acids is 1. The topological polar surface area (TPSA) is 35.5 Å². The van der Waals surface area contributed by atoms with E-state index in [4.69, 9.17) is 9.47 Å². The highest BCUT2D eigenvalue weighted by Crippen LogP contribution is 2.29. The molecule has 2 aromatic carbocycles. The third-order valence-electron chi connectivity index (χ3n) is 3.00. The quantitative estimate of drug-likeness (QED) is 0.788. The second kappa shape index (κ2) is 5.57. The number of carbonyl (C=O) groups is 1. The molecular formula is C16H16O3. The molecule has 0 radical (unpaired) electrons. The Morgan fingerprint density at radius 1 is 0.947 bits per heavy atom. The molecule has 0 aromatic heterocycles. The van der Waals surface area contributed by atoms with Gasteiger partial charge in [-0.25, -0.2) is 0 Å². The third kappa shape index (κ3) is 2.60. The summed E-state index contributed by atoms with van der Waals surface area (Å²) in [6, 6.07) is 12.7. The van der Waals surface area contributed by atoms with Crippen LogP contribution in [0.25, 0.3) is 0 Å². The predicted octanol–water partition coefficient (Wildman–Crippen LogP) is 3.24. The molecule has 0 unspecified atom stereocenters. The summed E-state index contributed by atoms with van der Waals surface area (Å²) in [5.41, 5.74) is 2.08. The summed E-state index contributed by atoms with van der Waals surface area (Å²) in [5, 5.41) is 0. The maximum Gasteiger partial charge on any atom is 0.196 e. The fraction of sp³-hybridized carbons (Fsp3) is 0.188. The molecule has 0 spiro atoms. The van der Waals surface area contributed by atoms with Crippen LogP contribution < -0.4 is 9.47 Å². The molecule has 0 aliphatic carbocycles. The molecule has 3 heteroatoms. The van der Waals surface area contributed by atoms with E-state index in [1.54, 1.807) is 32.4 Å². The first-order chi connectivity index (χ1) is 9.17. The number of hydrogen-bond acceptors (Lipinski definition) is 3. The summed E-state index contributed by atoms with van der Waals surface area (Å²) in [7, 11) is 3.15. The summed E-state index contributed by atoms with van der Waals surface area (Å²) in [4.78, 5) is 12.5. The highest BCUT2D eigenvalue weighted by molar-refractivity contribution is 6.11. The van der Waals surface area contributed by atoms with E-state index in [1.165, 1.54) is 0 Å². The normalized spacial score (nSPS) is 10.1. The molecule has 0 fully saturated rings. The van der Waals surface area contributed by atoms with Crippen LogP contribution in [0.15, 0.2) is 42.5 Å². The molecule has 0 amide bonds.